The Bertz CT molecular complexity index is 1230. The second kappa shape index (κ2) is 9.01. The fourth-order valence-electron chi connectivity index (χ4n) is 3.24. The Kier molecular flexibility index (Phi) is 5.99. The molecule has 0 saturated heterocycles. The number of ether oxygens (including phenoxy) is 2. The third-order valence-corrected chi connectivity index (χ3v) is 5.79. The van der Waals surface area contributed by atoms with Crippen molar-refractivity contribution in [2.24, 2.45) is 0 Å². The summed E-state index contributed by atoms with van der Waals surface area (Å²) in [4.78, 5) is 28.9. The number of hydrogen-bond acceptors (Lipinski definition) is 6. The highest BCUT2D eigenvalue weighted by Gasteiger charge is 2.17. The van der Waals surface area contributed by atoms with Crippen LogP contribution >= 0.6 is 11.3 Å². The quantitative estimate of drug-likeness (QED) is 0.435. The lowest BCUT2D eigenvalue weighted by atomic mass is 10.2. The van der Waals surface area contributed by atoms with E-state index in [1.807, 2.05) is 65.4 Å². The van der Waals surface area contributed by atoms with Crippen molar-refractivity contribution in [3.8, 4) is 5.75 Å². The van der Waals surface area contributed by atoms with Crippen molar-refractivity contribution in [3.63, 3.8) is 0 Å². The van der Waals surface area contributed by atoms with Gasteiger partial charge in [0.1, 0.15) is 23.8 Å². The van der Waals surface area contributed by atoms with Crippen LogP contribution in [0.4, 0.5) is 5.13 Å². The van der Waals surface area contributed by atoms with E-state index in [4.69, 9.17) is 9.47 Å². The van der Waals surface area contributed by atoms with Crippen molar-refractivity contribution in [1.29, 1.82) is 0 Å². The average molecular weight is 436 g/mol. The maximum atomic E-state index is 12.6. The molecule has 0 unspecified atom stereocenters. The number of rotatable bonds is 7. The van der Waals surface area contributed by atoms with Gasteiger partial charge >= 0.3 is 5.97 Å². The van der Waals surface area contributed by atoms with Crippen LogP contribution < -0.4 is 10.1 Å². The zero-order valence-corrected chi connectivity index (χ0v) is 17.9. The van der Waals surface area contributed by atoms with Crippen LogP contribution in [0.3, 0.4) is 0 Å². The highest BCUT2D eigenvalue weighted by atomic mass is 32.1. The van der Waals surface area contributed by atoms with Gasteiger partial charge < -0.3 is 19.4 Å². The van der Waals surface area contributed by atoms with Gasteiger partial charge in [0.25, 0.3) is 0 Å². The number of nitrogens with zero attached hydrogens (tertiary/aromatic N) is 2. The zero-order valence-electron chi connectivity index (χ0n) is 17.1. The second-order valence-electron chi connectivity index (χ2n) is 6.88. The van der Waals surface area contributed by atoms with Crippen molar-refractivity contribution < 1.29 is 19.1 Å². The number of thiazole rings is 1. The molecule has 1 N–H and O–H groups in total. The van der Waals surface area contributed by atoms with Crippen molar-refractivity contribution in [2.75, 3.05) is 12.4 Å². The fourth-order valence-corrected chi connectivity index (χ4v) is 4.14. The highest BCUT2D eigenvalue weighted by molar-refractivity contribution is 7.17. The maximum absolute atomic E-state index is 12.6. The summed E-state index contributed by atoms with van der Waals surface area (Å²) in [6.45, 7) is 2.28. The number of aryl methyl sites for hydroxylation is 1. The molecule has 0 saturated carbocycles. The third-order valence-electron chi connectivity index (χ3n) is 4.74. The summed E-state index contributed by atoms with van der Waals surface area (Å²) < 4.78 is 12.6. The minimum absolute atomic E-state index is 0.109. The van der Waals surface area contributed by atoms with E-state index in [9.17, 15) is 9.59 Å². The van der Waals surface area contributed by atoms with Crippen LogP contribution in [0.1, 0.15) is 20.9 Å². The number of amides is 1. The van der Waals surface area contributed by atoms with Crippen LogP contribution in [0, 0.1) is 6.92 Å². The van der Waals surface area contributed by atoms with Gasteiger partial charge in [-0.25, -0.2) is 9.78 Å². The normalized spacial score (nSPS) is 10.8. The van der Waals surface area contributed by atoms with Gasteiger partial charge in [0, 0.05) is 11.6 Å². The van der Waals surface area contributed by atoms with Crippen LogP contribution in [0.5, 0.6) is 5.75 Å². The van der Waals surface area contributed by atoms with Crippen LogP contribution in [0.15, 0.2) is 60.8 Å². The summed E-state index contributed by atoms with van der Waals surface area (Å²) in [5.74, 6) is 0.0620. The minimum Gasteiger partial charge on any atom is -0.488 e. The Morgan fingerprint density at radius 3 is 2.68 bits per heavy atom. The first-order chi connectivity index (χ1) is 15.0. The van der Waals surface area contributed by atoms with Crippen molar-refractivity contribution >= 4 is 39.2 Å². The Labute approximate surface area is 183 Å². The Morgan fingerprint density at radius 1 is 1.10 bits per heavy atom. The number of benzene rings is 2. The topological polar surface area (TPSA) is 82.5 Å². The van der Waals surface area contributed by atoms with E-state index < -0.39 is 5.97 Å². The molecule has 4 rings (SSSR count). The smallest absolute Gasteiger partial charge is 0.350 e. The lowest BCUT2D eigenvalue weighted by Crippen LogP contribution is -2.18. The predicted octanol–water partition coefficient (Wildman–Crippen LogP) is 4.41. The minimum atomic E-state index is -0.463. The van der Waals surface area contributed by atoms with Gasteiger partial charge in [-0.2, -0.15) is 0 Å². The van der Waals surface area contributed by atoms with E-state index in [1.165, 1.54) is 7.11 Å². The number of fused-ring (bicyclic) bond motifs is 1. The Balaban J connectivity index is 1.46. The monoisotopic (exact) mass is 435 g/mol. The number of nitrogens with one attached hydrogen (secondary N) is 1. The van der Waals surface area contributed by atoms with E-state index in [0.717, 1.165) is 33.6 Å². The largest absolute Gasteiger partial charge is 0.488 e. The lowest BCUT2D eigenvalue weighted by Gasteiger charge is -2.09. The molecule has 1 amide bonds. The molecule has 0 aliphatic rings. The van der Waals surface area contributed by atoms with Gasteiger partial charge in [-0.05, 0) is 30.7 Å². The first-order valence-electron chi connectivity index (χ1n) is 9.65. The van der Waals surface area contributed by atoms with Gasteiger partial charge in [-0.3, -0.25) is 4.79 Å². The van der Waals surface area contributed by atoms with Crippen LogP contribution in [-0.4, -0.2) is 28.5 Å². The summed E-state index contributed by atoms with van der Waals surface area (Å²) >= 11 is 1.10. The molecule has 0 spiro atoms. The molecule has 8 heteroatoms. The summed E-state index contributed by atoms with van der Waals surface area (Å²) in [5, 5.41) is 4.06. The molecule has 0 bridgehead atoms. The van der Waals surface area contributed by atoms with Crippen LogP contribution in [0.2, 0.25) is 0 Å². The third kappa shape index (κ3) is 4.59. The van der Waals surface area contributed by atoms with Crippen molar-refractivity contribution in [3.05, 3.63) is 76.9 Å². The van der Waals surface area contributed by atoms with Crippen molar-refractivity contribution in [2.45, 2.75) is 20.1 Å². The fraction of sp³-hybridized carbons (Fsp3) is 0.174. The lowest BCUT2D eigenvalue weighted by molar-refractivity contribution is -0.116. The highest BCUT2D eigenvalue weighted by Crippen LogP contribution is 2.28. The van der Waals surface area contributed by atoms with Gasteiger partial charge in [0.2, 0.25) is 5.91 Å². The SMILES string of the molecule is COC(=O)c1sc(NC(=O)Cn2ccc3c(OCc4ccccc4)cccc32)nc1C. The van der Waals surface area contributed by atoms with Gasteiger partial charge in [-0.15, -0.1) is 0 Å². The first-order valence-corrected chi connectivity index (χ1v) is 10.5. The molecule has 0 fully saturated rings. The number of esters is 1. The molecular formula is C23H21N3O4S. The maximum Gasteiger partial charge on any atom is 0.350 e. The van der Waals surface area contributed by atoms with E-state index in [2.05, 4.69) is 10.3 Å². The van der Waals surface area contributed by atoms with E-state index >= 15 is 0 Å². The molecule has 0 radical (unpaired) electrons. The van der Waals surface area contributed by atoms with E-state index in [-0.39, 0.29) is 12.5 Å². The number of anilines is 1. The molecule has 31 heavy (non-hydrogen) atoms. The van der Waals surface area contributed by atoms with E-state index in [0.29, 0.717) is 22.3 Å². The summed E-state index contributed by atoms with van der Waals surface area (Å²) in [6, 6.07) is 17.7. The molecular weight excluding hydrogens is 414 g/mol. The molecule has 0 aliphatic heterocycles. The summed E-state index contributed by atoms with van der Waals surface area (Å²) in [5.41, 5.74) is 2.51. The summed E-state index contributed by atoms with van der Waals surface area (Å²) in [6.07, 6.45) is 1.85. The van der Waals surface area contributed by atoms with Gasteiger partial charge in [-0.1, -0.05) is 47.7 Å². The molecule has 2 heterocycles. The van der Waals surface area contributed by atoms with E-state index in [1.54, 1.807) is 6.92 Å². The first kappa shape index (κ1) is 20.6. The molecule has 2 aromatic carbocycles. The second-order valence-corrected chi connectivity index (χ2v) is 7.88. The predicted molar refractivity (Wildman–Crippen MR) is 120 cm³/mol. The summed E-state index contributed by atoms with van der Waals surface area (Å²) in [7, 11) is 1.31. The number of methoxy groups -OCH3 is 1. The Hall–Kier alpha value is -3.65. The molecule has 2 aromatic heterocycles. The zero-order chi connectivity index (χ0) is 21.8. The standard InChI is InChI=1S/C23H21N3O4S/c1-15-21(22(28)29-2)31-23(24-15)25-20(27)13-26-12-11-17-18(26)9-6-10-19(17)30-14-16-7-4-3-5-8-16/h3-12H,13-14H2,1-2H3,(H,24,25,27). The van der Waals surface area contributed by atoms with Crippen LogP contribution in [0.25, 0.3) is 10.9 Å². The molecule has 0 aliphatic carbocycles. The average Bonchev–Trinajstić information content (AvgIpc) is 3.35. The van der Waals surface area contributed by atoms with Crippen molar-refractivity contribution in [1.82, 2.24) is 9.55 Å². The number of aromatic nitrogens is 2. The molecule has 158 valence electrons. The molecule has 4 aromatic rings. The number of carbonyl (C=O) groups excluding carboxylic acids is 2. The number of hydrogen-bond donors (Lipinski definition) is 1. The Morgan fingerprint density at radius 2 is 1.90 bits per heavy atom. The molecule has 7 nitrogen and oxygen atoms in total. The van der Waals surface area contributed by atoms with Gasteiger partial charge in [0.15, 0.2) is 5.13 Å². The molecule has 0 atom stereocenters. The van der Waals surface area contributed by atoms with Crippen LogP contribution in [-0.2, 0) is 22.7 Å². The number of carbonyl (C=O) groups is 2. The van der Waals surface area contributed by atoms with Gasteiger partial charge in [0.05, 0.1) is 18.3 Å².